The van der Waals surface area contributed by atoms with Gasteiger partial charge in [0.15, 0.2) is 0 Å². The van der Waals surface area contributed by atoms with E-state index in [1.165, 1.54) is 25.7 Å². The summed E-state index contributed by atoms with van der Waals surface area (Å²) in [6.07, 6.45) is 11.8. The number of fused-ring (bicyclic) bond motifs is 1. The maximum absolute atomic E-state index is 4.74. The van der Waals surface area contributed by atoms with Crippen molar-refractivity contribution in [1.82, 2.24) is 40.1 Å². The van der Waals surface area contributed by atoms with Gasteiger partial charge in [0.2, 0.25) is 5.13 Å². The number of pyridine rings is 3. The molecule has 5 aromatic heterocycles. The zero-order valence-corrected chi connectivity index (χ0v) is 19.3. The molecule has 0 unspecified atom stereocenters. The molecule has 0 amide bonds. The first-order chi connectivity index (χ1) is 16.7. The fourth-order valence-corrected chi connectivity index (χ4v) is 5.10. The molecule has 10 nitrogen and oxygen atoms in total. The summed E-state index contributed by atoms with van der Waals surface area (Å²) in [5, 5.41) is 25.6. The zero-order chi connectivity index (χ0) is 22.9. The Bertz CT molecular complexity index is 1440. The fraction of sp³-hybridized carbons (Fsp3) is 0.261. The van der Waals surface area contributed by atoms with E-state index >= 15 is 0 Å². The third kappa shape index (κ3) is 4.17. The Morgan fingerprint density at radius 1 is 0.912 bits per heavy atom. The summed E-state index contributed by atoms with van der Waals surface area (Å²) < 4.78 is 0. The van der Waals surface area contributed by atoms with Gasteiger partial charge in [-0.05, 0) is 44.0 Å². The van der Waals surface area contributed by atoms with E-state index in [2.05, 4.69) is 41.0 Å². The molecule has 2 N–H and O–H groups in total. The number of hydrogen-bond acceptors (Lipinski definition) is 10. The number of nitrogens with zero attached hydrogens (tertiary/aromatic N) is 8. The van der Waals surface area contributed by atoms with Crippen LogP contribution in [0.5, 0.6) is 0 Å². The Morgan fingerprint density at radius 3 is 2.56 bits per heavy atom. The van der Waals surface area contributed by atoms with Crippen LogP contribution in [0.2, 0.25) is 0 Å². The van der Waals surface area contributed by atoms with Crippen LogP contribution >= 0.6 is 11.3 Å². The summed E-state index contributed by atoms with van der Waals surface area (Å²) in [5.41, 5.74) is 4.84. The van der Waals surface area contributed by atoms with Crippen LogP contribution < -0.4 is 10.6 Å². The molecular formula is C23H22N10S. The van der Waals surface area contributed by atoms with Gasteiger partial charge in [0.25, 0.3) is 0 Å². The lowest BCUT2D eigenvalue weighted by molar-refractivity contribution is 0.705. The van der Waals surface area contributed by atoms with Crippen LogP contribution in [0, 0.1) is 6.92 Å². The number of aryl methyl sites for hydroxylation is 1. The molecule has 0 bridgehead atoms. The van der Waals surface area contributed by atoms with Crippen molar-refractivity contribution in [2.75, 3.05) is 10.6 Å². The summed E-state index contributed by atoms with van der Waals surface area (Å²) in [4.78, 5) is 15.3. The van der Waals surface area contributed by atoms with E-state index in [4.69, 9.17) is 4.98 Å². The maximum Gasteiger partial charge on any atom is 0.211 e. The molecule has 1 aliphatic carbocycles. The van der Waals surface area contributed by atoms with Gasteiger partial charge in [0.1, 0.15) is 16.5 Å². The third-order valence-corrected chi connectivity index (χ3v) is 6.90. The van der Waals surface area contributed by atoms with Gasteiger partial charge in [0.05, 0.1) is 52.9 Å². The molecule has 0 saturated heterocycles. The minimum Gasteiger partial charge on any atom is -0.353 e. The van der Waals surface area contributed by atoms with Crippen molar-refractivity contribution in [2.45, 2.75) is 38.5 Å². The minimum atomic E-state index is 0.552. The summed E-state index contributed by atoms with van der Waals surface area (Å²) >= 11 is 1.62. The van der Waals surface area contributed by atoms with Crippen molar-refractivity contribution >= 4 is 44.7 Å². The average molecular weight is 471 g/mol. The zero-order valence-electron chi connectivity index (χ0n) is 18.5. The summed E-state index contributed by atoms with van der Waals surface area (Å²) in [5.74, 6) is 1.26. The van der Waals surface area contributed by atoms with Gasteiger partial charge in [-0.15, -0.1) is 15.0 Å². The lowest BCUT2D eigenvalue weighted by Crippen LogP contribution is -2.04. The highest BCUT2D eigenvalue weighted by molar-refractivity contribution is 7.15. The second-order valence-corrected chi connectivity index (χ2v) is 9.29. The molecule has 1 fully saturated rings. The molecule has 6 rings (SSSR count). The Hall–Kier alpha value is -3.99. The van der Waals surface area contributed by atoms with Gasteiger partial charge in [-0.2, -0.15) is 10.2 Å². The Morgan fingerprint density at radius 2 is 1.71 bits per heavy atom. The number of nitrogens with one attached hydrogen (secondary N) is 2. The smallest absolute Gasteiger partial charge is 0.211 e. The third-order valence-electron chi connectivity index (χ3n) is 5.90. The van der Waals surface area contributed by atoms with Gasteiger partial charge >= 0.3 is 0 Å². The maximum atomic E-state index is 4.74. The van der Waals surface area contributed by atoms with Crippen LogP contribution in [0.25, 0.3) is 16.7 Å². The largest absolute Gasteiger partial charge is 0.353 e. The fourth-order valence-electron chi connectivity index (χ4n) is 4.18. The molecule has 5 heterocycles. The second kappa shape index (κ2) is 8.75. The number of aromatic nitrogens is 8. The van der Waals surface area contributed by atoms with Crippen molar-refractivity contribution < 1.29 is 0 Å². The SMILES string of the molecule is Cc1ncc(Nc2cnc3ccc(Nc4nnc(C5CCCC5)s4)nc3c2)cc1-n1nccn1. The van der Waals surface area contributed by atoms with Crippen LogP contribution in [0.4, 0.5) is 22.3 Å². The predicted octanol–water partition coefficient (Wildman–Crippen LogP) is 4.91. The minimum absolute atomic E-state index is 0.552. The molecule has 11 heteroatoms. The lowest BCUT2D eigenvalue weighted by atomic mass is 10.1. The molecule has 170 valence electrons. The van der Waals surface area contributed by atoms with Crippen LogP contribution in [0.3, 0.4) is 0 Å². The Balaban J connectivity index is 1.23. The quantitative estimate of drug-likeness (QED) is 0.357. The van der Waals surface area contributed by atoms with Crippen LogP contribution in [0.15, 0.2) is 49.1 Å². The van der Waals surface area contributed by atoms with E-state index in [1.54, 1.807) is 40.9 Å². The number of anilines is 4. The molecular weight excluding hydrogens is 448 g/mol. The van der Waals surface area contributed by atoms with E-state index in [1.807, 2.05) is 31.2 Å². The van der Waals surface area contributed by atoms with E-state index in [-0.39, 0.29) is 0 Å². The van der Waals surface area contributed by atoms with Crippen molar-refractivity contribution in [1.29, 1.82) is 0 Å². The van der Waals surface area contributed by atoms with Gasteiger partial charge in [-0.25, -0.2) is 4.98 Å². The number of rotatable bonds is 6. The normalized spacial score (nSPS) is 14.0. The molecule has 0 spiro atoms. The van der Waals surface area contributed by atoms with Crippen molar-refractivity contribution in [3.05, 3.63) is 59.8 Å². The standard InChI is InChI=1S/C23H22N10S/c1-14-20(33-26-8-9-27-33)11-17(12-24-14)28-16-10-19-18(25-13-16)6-7-21(29-19)30-23-32-31-22(34-23)15-4-2-3-5-15/h6-13,15,28H,2-5H2,1H3,(H,29,30,32). The number of hydrogen-bond donors (Lipinski definition) is 2. The van der Waals surface area contributed by atoms with Gasteiger partial charge in [-0.3, -0.25) is 9.97 Å². The van der Waals surface area contributed by atoms with Crippen LogP contribution in [0.1, 0.15) is 42.3 Å². The molecule has 1 aliphatic rings. The monoisotopic (exact) mass is 470 g/mol. The topological polar surface area (TPSA) is 119 Å². The Kier molecular flexibility index (Phi) is 5.30. The predicted molar refractivity (Wildman–Crippen MR) is 131 cm³/mol. The van der Waals surface area contributed by atoms with E-state index < -0.39 is 0 Å². The second-order valence-electron chi connectivity index (χ2n) is 8.28. The average Bonchev–Trinajstić information content (AvgIpc) is 3.63. The molecule has 0 aliphatic heterocycles. The highest BCUT2D eigenvalue weighted by atomic mass is 32.1. The lowest BCUT2D eigenvalue weighted by Gasteiger charge is -2.10. The van der Waals surface area contributed by atoms with Crippen LogP contribution in [-0.4, -0.2) is 40.1 Å². The molecule has 0 atom stereocenters. The first-order valence-electron chi connectivity index (χ1n) is 11.2. The van der Waals surface area contributed by atoms with Gasteiger partial charge < -0.3 is 10.6 Å². The van der Waals surface area contributed by atoms with E-state index in [0.717, 1.165) is 43.9 Å². The highest BCUT2D eigenvalue weighted by Crippen LogP contribution is 2.37. The molecule has 0 radical (unpaired) electrons. The molecule has 1 saturated carbocycles. The van der Waals surface area contributed by atoms with Crippen molar-refractivity contribution in [2.24, 2.45) is 0 Å². The summed E-state index contributed by atoms with van der Waals surface area (Å²) in [6.45, 7) is 1.92. The first-order valence-corrected chi connectivity index (χ1v) is 12.0. The summed E-state index contributed by atoms with van der Waals surface area (Å²) in [7, 11) is 0. The molecule has 34 heavy (non-hydrogen) atoms. The Labute approximate surface area is 199 Å². The molecule has 0 aromatic carbocycles. The van der Waals surface area contributed by atoms with E-state index in [0.29, 0.717) is 11.7 Å². The molecule has 5 aromatic rings. The summed E-state index contributed by atoms with van der Waals surface area (Å²) in [6, 6.07) is 7.77. The van der Waals surface area contributed by atoms with Gasteiger partial charge in [0, 0.05) is 5.92 Å². The van der Waals surface area contributed by atoms with Crippen LogP contribution in [-0.2, 0) is 0 Å². The highest BCUT2D eigenvalue weighted by Gasteiger charge is 2.21. The van der Waals surface area contributed by atoms with Crippen molar-refractivity contribution in [3.63, 3.8) is 0 Å². The van der Waals surface area contributed by atoms with E-state index in [9.17, 15) is 0 Å². The van der Waals surface area contributed by atoms with Crippen molar-refractivity contribution in [3.8, 4) is 5.69 Å². The van der Waals surface area contributed by atoms with Gasteiger partial charge in [-0.1, -0.05) is 24.2 Å². The first kappa shape index (κ1) is 20.6.